The van der Waals surface area contributed by atoms with E-state index in [1.165, 1.54) is 6.92 Å². The molecule has 0 saturated heterocycles. The summed E-state index contributed by atoms with van der Waals surface area (Å²) in [4.78, 5) is 12.1. The Balaban J connectivity index is 1.86. The predicted molar refractivity (Wildman–Crippen MR) is 67.9 cm³/mol. The molecule has 0 atom stereocenters. The zero-order chi connectivity index (χ0) is 12.1. The van der Waals surface area contributed by atoms with Crippen molar-refractivity contribution in [1.82, 2.24) is 5.32 Å². The van der Waals surface area contributed by atoms with Crippen LogP contribution in [-0.2, 0) is 17.9 Å². The van der Waals surface area contributed by atoms with E-state index in [0.29, 0.717) is 13.1 Å². The number of hydrogen-bond acceptors (Lipinski definition) is 4. The minimum atomic E-state index is -0.0457. The lowest BCUT2D eigenvalue weighted by Crippen LogP contribution is -2.13. The van der Waals surface area contributed by atoms with E-state index in [0.717, 1.165) is 16.3 Å². The molecule has 17 heavy (non-hydrogen) atoms. The Bertz CT molecular complexity index is 476. The second kappa shape index (κ2) is 5.65. The topological polar surface area (TPSA) is 54.3 Å². The Labute approximate surface area is 104 Å². The van der Waals surface area contributed by atoms with Gasteiger partial charge in [0.2, 0.25) is 5.91 Å². The summed E-state index contributed by atoms with van der Waals surface area (Å²) in [6.07, 6.45) is 1.66. The molecule has 4 nitrogen and oxygen atoms in total. The average molecular weight is 250 g/mol. The van der Waals surface area contributed by atoms with Crippen LogP contribution < -0.4 is 10.6 Å². The molecule has 0 fully saturated rings. The second-order valence-corrected chi connectivity index (χ2v) is 4.62. The lowest BCUT2D eigenvalue weighted by Gasteiger charge is -2.05. The molecule has 0 spiro atoms. The molecule has 1 amide bonds. The number of amides is 1. The lowest BCUT2D eigenvalue weighted by atomic mass is 10.3. The van der Waals surface area contributed by atoms with Gasteiger partial charge in [-0.3, -0.25) is 4.79 Å². The largest absolute Gasteiger partial charge is 0.468 e. The molecule has 0 bridgehead atoms. The Hall–Kier alpha value is -1.59. The summed E-state index contributed by atoms with van der Waals surface area (Å²) in [7, 11) is 0. The van der Waals surface area contributed by atoms with Gasteiger partial charge in [0.25, 0.3) is 0 Å². The van der Waals surface area contributed by atoms with Crippen molar-refractivity contribution < 1.29 is 9.21 Å². The molecular formula is C12H14N2O2S. The van der Waals surface area contributed by atoms with Gasteiger partial charge in [0.15, 0.2) is 0 Å². The van der Waals surface area contributed by atoms with E-state index in [4.69, 9.17) is 4.42 Å². The summed E-state index contributed by atoms with van der Waals surface area (Å²) >= 11 is 1.62. The molecule has 90 valence electrons. The molecule has 2 rings (SSSR count). The fraction of sp³-hybridized carbons (Fsp3) is 0.250. The Kier molecular flexibility index (Phi) is 3.95. The van der Waals surface area contributed by atoms with Gasteiger partial charge >= 0.3 is 0 Å². The first kappa shape index (κ1) is 11.9. The van der Waals surface area contributed by atoms with Crippen LogP contribution in [0.15, 0.2) is 34.3 Å². The van der Waals surface area contributed by atoms with Crippen LogP contribution in [0.25, 0.3) is 0 Å². The molecule has 0 saturated carbocycles. The van der Waals surface area contributed by atoms with Crippen LogP contribution >= 0.6 is 11.3 Å². The number of carbonyl (C=O) groups is 1. The van der Waals surface area contributed by atoms with Gasteiger partial charge in [-0.1, -0.05) is 0 Å². The molecule has 2 N–H and O–H groups in total. The highest BCUT2D eigenvalue weighted by Crippen LogP contribution is 2.22. The maximum absolute atomic E-state index is 11.0. The summed E-state index contributed by atoms with van der Waals surface area (Å²) in [5.74, 6) is 0.860. The maximum Gasteiger partial charge on any atom is 0.221 e. The third kappa shape index (κ3) is 3.44. The number of nitrogens with one attached hydrogen (secondary N) is 2. The molecule has 2 heterocycles. The summed E-state index contributed by atoms with van der Waals surface area (Å²) < 4.78 is 5.22. The monoisotopic (exact) mass is 250 g/mol. The van der Waals surface area contributed by atoms with Gasteiger partial charge in [-0.15, -0.1) is 11.3 Å². The SMILES string of the molecule is CC(=O)Nc1ccsc1CNCc1ccco1. The van der Waals surface area contributed by atoms with E-state index in [9.17, 15) is 4.79 Å². The van der Waals surface area contributed by atoms with Crippen molar-refractivity contribution in [3.63, 3.8) is 0 Å². The number of hydrogen-bond donors (Lipinski definition) is 2. The van der Waals surface area contributed by atoms with Crippen LogP contribution in [0.2, 0.25) is 0 Å². The Morgan fingerprint density at radius 2 is 2.29 bits per heavy atom. The number of furan rings is 1. The van der Waals surface area contributed by atoms with Crippen LogP contribution in [0.1, 0.15) is 17.6 Å². The summed E-state index contributed by atoms with van der Waals surface area (Å²) in [5.41, 5.74) is 0.884. The van der Waals surface area contributed by atoms with Crippen molar-refractivity contribution in [2.45, 2.75) is 20.0 Å². The van der Waals surface area contributed by atoms with Crippen LogP contribution in [0.3, 0.4) is 0 Å². The van der Waals surface area contributed by atoms with Crippen molar-refractivity contribution in [2.24, 2.45) is 0 Å². The van der Waals surface area contributed by atoms with E-state index in [1.807, 2.05) is 23.6 Å². The average Bonchev–Trinajstić information content (AvgIpc) is 2.90. The number of rotatable bonds is 5. The molecule has 0 unspecified atom stereocenters. The fourth-order valence-corrected chi connectivity index (χ4v) is 2.29. The van der Waals surface area contributed by atoms with Gasteiger partial charge in [-0.25, -0.2) is 0 Å². The number of anilines is 1. The van der Waals surface area contributed by atoms with Crippen molar-refractivity contribution in [2.75, 3.05) is 5.32 Å². The molecule has 5 heteroatoms. The van der Waals surface area contributed by atoms with E-state index >= 15 is 0 Å². The highest BCUT2D eigenvalue weighted by Gasteiger charge is 2.05. The highest BCUT2D eigenvalue weighted by atomic mass is 32.1. The quantitative estimate of drug-likeness (QED) is 0.857. The number of carbonyl (C=O) groups excluding carboxylic acids is 1. The molecular weight excluding hydrogens is 236 g/mol. The van der Waals surface area contributed by atoms with E-state index < -0.39 is 0 Å². The van der Waals surface area contributed by atoms with Gasteiger partial charge in [0.1, 0.15) is 5.76 Å². The molecule has 0 aliphatic heterocycles. The van der Waals surface area contributed by atoms with Crippen molar-refractivity contribution in [3.05, 3.63) is 40.5 Å². The lowest BCUT2D eigenvalue weighted by molar-refractivity contribution is -0.114. The predicted octanol–water partition coefficient (Wildman–Crippen LogP) is 2.59. The summed E-state index contributed by atoms with van der Waals surface area (Å²) in [6, 6.07) is 5.71. The molecule has 2 aromatic heterocycles. The van der Waals surface area contributed by atoms with E-state index in [-0.39, 0.29) is 5.91 Å². The molecule has 0 aliphatic rings. The normalized spacial score (nSPS) is 10.4. The third-order valence-electron chi connectivity index (χ3n) is 2.22. The van der Waals surface area contributed by atoms with Gasteiger partial charge in [-0.05, 0) is 23.6 Å². The van der Waals surface area contributed by atoms with Gasteiger partial charge < -0.3 is 15.1 Å². The molecule has 0 radical (unpaired) electrons. The minimum absolute atomic E-state index is 0.0457. The highest BCUT2D eigenvalue weighted by molar-refractivity contribution is 7.10. The first-order valence-corrected chi connectivity index (χ1v) is 6.20. The van der Waals surface area contributed by atoms with Gasteiger partial charge in [-0.2, -0.15) is 0 Å². The van der Waals surface area contributed by atoms with Gasteiger partial charge in [0.05, 0.1) is 18.5 Å². The second-order valence-electron chi connectivity index (χ2n) is 3.62. The minimum Gasteiger partial charge on any atom is -0.468 e. The maximum atomic E-state index is 11.0. The third-order valence-corrected chi connectivity index (χ3v) is 3.14. The van der Waals surface area contributed by atoms with Crippen LogP contribution in [0.5, 0.6) is 0 Å². The number of thiophene rings is 1. The summed E-state index contributed by atoms with van der Waals surface area (Å²) in [5, 5.41) is 8.04. The Morgan fingerprint density at radius 3 is 3.00 bits per heavy atom. The molecule has 0 aliphatic carbocycles. The van der Waals surface area contributed by atoms with Crippen LogP contribution in [0.4, 0.5) is 5.69 Å². The van der Waals surface area contributed by atoms with Crippen LogP contribution in [0, 0.1) is 0 Å². The van der Waals surface area contributed by atoms with Crippen LogP contribution in [-0.4, -0.2) is 5.91 Å². The Morgan fingerprint density at radius 1 is 1.41 bits per heavy atom. The zero-order valence-electron chi connectivity index (χ0n) is 9.53. The fourth-order valence-electron chi connectivity index (χ4n) is 1.49. The van der Waals surface area contributed by atoms with E-state index in [2.05, 4.69) is 10.6 Å². The van der Waals surface area contributed by atoms with Gasteiger partial charge in [0, 0.05) is 18.3 Å². The van der Waals surface area contributed by atoms with E-state index in [1.54, 1.807) is 17.6 Å². The first-order valence-electron chi connectivity index (χ1n) is 5.33. The first-order chi connectivity index (χ1) is 8.25. The zero-order valence-corrected chi connectivity index (χ0v) is 10.3. The molecule has 2 aromatic rings. The summed E-state index contributed by atoms with van der Waals surface area (Å²) in [6.45, 7) is 2.91. The van der Waals surface area contributed by atoms with Crippen molar-refractivity contribution in [3.8, 4) is 0 Å². The smallest absolute Gasteiger partial charge is 0.221 e. The standard InChI is InChI=1S/C12H14N2O2S/c1-9(15)14-11-4-6-17-12(11)8-13-7-10-3-2-5-16-10/h2-6,13H,7-8H2,1H3,(H,14,15). The van der Waals surface area contributed by atoms with Crippen molar-refractivity contribution >= 4 is 22.9 Å². The van der Waals surface area contributed by atoms with Crippen molar-refractivity contribution in [1.29, 1.82) is 0 Å². The molecule has 0 aromatic carbocycles.